The molecule has 0 fully saturated rings. The van der Waals surface area contributed by atoms with Gasteiger partial charge in [-0.15, -0.1) is 0 Å². The third-order valence-corrected chi connectivity index (χ3v) is 5.44. The molecule has 0 N–H and O–H groups in total. The van der Waals surface area contributed by atoms with Crippen molar-refractivity contribution in [3.05, 3.63) is 45.4 Å². The zero-order chi connectivity index (χ0) is 17.2. The van der Waals surface area contributed by atoms with E-state index in [9.17, 15) is 18.5 Å². The first kappa shape index (κ1) is 17.2. The van der Waals surface area contributed by atoms with Gasteiger partial charge in [0.05, 0.1) is 22.7 Å². The van der Waals surface area contributed by atoms with Gasteiger partial charge in [0.1, 0.15) is 11.9 Å². The predicted octanol–water partition coefficient (Wildman–Crippen LogP) is 2.35. The van der Waals surface area contributed by atoms with E-state index in [0.717, 1.165) is 6.20 Å². The smallest absolute Gasteiger partial charge is 0.342 e. The van der Waals surface area contributed by atoms with Crippen LogP contribution in [-0.4, -0.2) is 28.6 Å². The minimum absolute atomic E-state index is 0.0133. The highest BCUT2D eigenvalue weighted by molar-refractivity contribution is 7.91. The number of benzene rings is 1. The zero-order valence-corrected chi connectivity index (χ0v) is 14.0. The van der Waals surface area contributed by atoms with E-state index in [1.54, 1.807) is 0 Å². The second-order valence-electron chi connectivity index (χ2n) is 4.63. The summed E-state index contributed by atoms with van der Waals surface area (Å²) in [5.41, 5.74) is 0. The summed E-state index contributed by atoms with van der Waals surface area (Å²) in [5, 5.41) is 10.8. The third-order valence-electron chi connectivity index (χ3n) is 3.23. The van der Waals surface area contributed by atoms with Gasteiger partial charge in [-0.05, 0) is 17.1 Å². The van der Waals surface area contributed by atoms with E-state index in [2.05, 4.69) is 4.98 Å². The van der Waals surface area contributed by atoms with E-state index in [-0.39, 0.29) is 28.1 Å². The molecule has 0 aliphatic carbocycles. The Morgan fingerprint density at radius 2 is 2.13 bits per heavy atom. The lowest BCUT2D eigenvalue weighted by atomic mass is 10.3. The molecule has 10 heteroatoms. The molecule has 8 nitrogen and oxygen atoms in total. The van der Waals surface area contributed by atoms with Crippen molar-refractivity contribution in [1.29, 1.82) is 0 Å². The van der Waals surface area contributed by atoms with Gasteiger partial charge < -0.3 is 14.9 Å². The van der Waals surface area contributed by atoms with Gasteiger partial charge in [0.25, 0.3) is 0 Å². The van der Waals surface area contributed by atoms with Gasteiger partial charge >= 0.3 is 5.82 Å². The summed E-state index contributed by atoms with van der Waals surface area (Å²) >= 11 is 5.98. The van der Waals surface area contributed by atoms with Crippen LogP contribution in [0.15, 0.2) is 29.3 Å². The fourth-order valence-corrected chi connectivity index (χ4v) is 3.33. The maximum Gasteiger partial charge on any atom is 0.342 e. The van der Waals surface area contributed by atoms with Crippen LogP contribution < -0.4 is 4.74 Å². The fraction of sp³-hybridized carbons (Fsp3) is 0.308. The first-order valence-corrected chi connectivity index (χ1v) is 8.59. The summed E-state index contributed by atoms with van der Waals surface area (Å²) in [6.45, 7) is 1.52. The Labute approximate surface area is 137 Å². The molecule has 1 aromatic carbocycles. The molecule has 0 saturated carbocycles. The lowest BCUT2D eigenvalue weighted by Gasteiger charge is -2.08. The summed E-state index contributed by atoms with van der Waals surface area (Å²) in [5.74, 6) is 0.504. The molecule has 1 aromatic heterocycles. The highest BCUT2D eigenvalue weighted by Crippen LogP contribution is 2.27. The first-order chi connectivity index (χ1) is 10.8. The van der Waals surface area contributed by atoms with E-state index in [4.69, 9.17) is 16.3 Å². The van der Waals surface area contributed by atoms with Gasteiger partial charge in [-0.2, -0.15) is 0 Å². The molecular formula is C13H14ClN3O5S. The Hall–Kier alpha value is -2.13. The first-order valence-electron chi connectivity index (χ1n) is 6.56. The Kier molecular flexibility index (Phi) is 4.90. The Morgan fingerprint density at radius 3 is 2.65 bits per heavy atom. The van der Waals surface area contributed by atoms with Gasteiger partial charge in [-0.25, -0.2) is 18.0 Å². The van der Waals surface area contributed by atoms with Crippen LogP contribution in [-0.2, 0) is 23.5 Å². The maximum absolute atomic E-state index is 11.8. The quantitative estimate of drug-likeness (QED) is 0.579. The number of aromatic nitrogens is 2. The number of imidazole rings is 1. The van der Waals surface area contributed by atoms with Crippen LogP contribution in [0.1, 0.15) is 12.7 Å². The standard InChI is InChI=1S/C13H14ClN3O5S/c1-3-23(20,21)11-5-4-9(6-10(11)14)22-8-12-15-7-13(16(12)2)17(18)19/h4-7H,3,8H2,1-2H3. The summed E-state index contributed by atoms with van der Waals surface area (Å²) in [7, 11) is -1.90. The average Bonchev–Trinajstić information content (AvgIpc) is 2.86. The number of halogens is 1. The van der Waals surface area contributed by atoms with Crippen molar-refractivity contribution in [2.45, 2.75) is 18.4 Å². The second-order valence-corrected chi connectivity index (χ2v) is 7.29. The summed E-state index contributed by atoms with van der Waals surface area (Å²) in [4.78, 5) is 14.2. The lowest BCUT2D eigenvalue weighted by molar-refractivity contribution is -0.391. The zero-order valence-electron chi connectivity index (χ0n) is 12.4. The van der Waals surface area contributed by atoms with Gasteiger partial charge in [0.2, 0.25) is 5.82 Å². The average molecular weight is 360 g/mol. The number of hydrogen-bond acceptors (Lipinski definition) is 6. The molecule has 0 unspecified atom stereocenters. The minimum Gasteiger partial charge on any atom is -0.483 e. The van der Waals surface area contributed by atoms with Crippen LogP contribution >= 0.6 is 11.6 Å². The molecular weight excluding hydrogens is 346 g/mol. The maximum atomic E-state index is 11.8. The highest BCUT2D eigenvalue weighted by atomic mass is 35.5. The monoisotopic (exact) mass is 359 g/mol. The van der Waals surface area contributed by atoms with Crippen LogP contribution in [0.25, 0.3) is 0 Å². The van der Waals surface area contributed by atoms with E-state index >= 15 is 0 Å². The van der Waals surface area contributed by atoms with Crippen LogP contribution in [0.3, 0.4) is 0 Å². The molecule has 0 amide bonds. The van der Waals surface area contributed by atoms with E-state index in [1.165, 1.54) is 36.7 Å². The topological polar surface area (TPSA) is 104 Å². The van der Waals surface area contributed by atoms with Crippen LogP contribution in [0.4, 0.5) is 5.82 Å². The number of nitrogens with zero attached hydrogens (tertiary/aromatic N) is 3. The Morgan fingerprint density at radius 1 is 1.43 bits per heavy atom. The lowest BCUT2D eigenvalue weighted by Crippen LogP contribution is -2.07. The molecule has 1 heterocycles. The van der Waals surface area contributed by atoms with Gasteiger partial charge in [0.15, 0.2) is 16.4 Å². The van der Waals surface area contributed by atoms with Crippen molar-refractivity contribution >= 4 is 27.3 Å². The van der Waals surface area contributed by atoms with E-state index in [0.29, 0.717) is 11.6 Å². The Balaban J connectivity index is 2.16. The summed E-state index contributed by atoms with van der Waals surface area (Å²) in [6.07, 6.45) is 1.14. The SMILES string of the molecule is CCS(=O)(=O)c1ccc(OCc2ncc([N+](=O)[O-])n2C)cc1Cl. The van der Waals surface area contributed by atoms with Crippen LogP contribution in [0, 0.1) is 10.1 Å². The van der Waals surface area contributed by atoms with Crippen molar-refractivity contribution in [3.63, 3.8) is 0 Å². The number of ether oxygens (including phenoxy) is 1. The fourth-order valence-electron chi connectivity index (χ4n) is 1.87. The largest absolute Gasteiger partial charge is 0.483 e. The van der Waals surface area contributed by atoms with Crippen LogP contribution in [0.5, 0.6) is 5.75 Å². The van der Waals surface area contributed by atoms with Gasteiger partial charge in [-0.3, -0.25) is 0 Å². The number of hydrogen-bond donors (Lipinski definition) is 0. The van der Waals surface area contributed by atoms with Gasteiger partial charge in [0, 0.05) is 6.07 Å². The molecule has 2 aromatic rings. The molecule has 0 saturated heterocycles. The summed E-state index contributed by atoms with van der Waals surface area (Å²) < 4.78 is 30.4. The number of rotatable bonds is 6. The minimum atomic E-state index is -3.40. The number of sulfone groups is 1. The molecule has 0 atom stereocenters. The molecule has 23 heavy (non-hydrogen) atoms. The predicted molar refractivity (Wildman–Crippen MR) is 83.4 cm³/mol. The van der Waals surface area contributed by atoms with Crippen LogP contribution in [0.2, 0.25) is 5.02 Å². The molecule has 0 aliphatic rings. The molecule has 0 bridgehead atoms. The van der Waals surface area contributed by atoms with Crippen molar-refractivity contribution in [2.75, 3.05) is 5.75 Å². The molecule has 124 valence electrons. The van der Waals surface area contributed by atoms with Crippen molar-refractivity contribution < 1.29 is 18.1 Å². The molecule has 2 rings (SSSR count). The normalized spacial score (nSPS) is 11.4. The van der Waals surface area contributed by atoms with Gasteiger partial charge in [-0.1, -0.05) is 18.5 Å². The van der Waals surface area contributed by atoms with E-state index < -0.39 is 14.8 Å². The highest BCUT2D eigenvalue weighted by Gasteiger charge is 2.18. The Bertz CT molecular complexity index is 847. The van der Waals surface area contributed by atoms with E-state index in [1.807, 2.05) is 0 Å². The van der Waals surface area contributed by atoms with Crippen molar-refractivity contribution in [1.82, 2.24) is 9.55 Å². The molecule has 0 spiro atoms. The molecule has 0 radical (unpaired) electrons. The summed E-state index contributed by atoms with van der Waals surface area (Å²) in [6, 6.07) is 4.24. The van der Waals surface area contributed by atoms with Crippen molar-refractivity contribution in [3.8, 4) is 5.75 Å². The second kappa shape index (κ2) is 6.55. The number of nitro groups is 1. The molecule has 0 aliphatic heterocycles. The van der Waals surface area contributed by atoms with Crippen molar-refractivity contribution in [2.24, 2.45) is 7.05 Å². The third kappa shape index (κ3) is 3.62.